The van der Waals surface area contributed by atoms with Crippen LogP contribution in [-0.4, -0.2) is 80.9 Å². The van der Waals surface area contributed by atoms with Crippen molar-refractivity contribution in [1.82, 2.24) is 9.80 Å². The molecule has 0 aromatic heterocycles. The van der Waals surface area contributed by atoms with Crippen molar-refractivity contribution in [2.75, 3.05) is 53.1 Å². The number of ether oxygens (including phenoxy) is 4. The Kier molecular flexibility index (Phi) is 7.91. The third-order valence-corrected chi connectivity index (χ3v) is 4.18. The van der Waals surface area contributed by atoms with Gasteiger partial charge in [0.1, 0.15) is 0 Å². The first kappa shape index (κ1) is 21.3. The van der Waals surface area contributed by atoms with Gasteiger partial charge in [0.05, 0.1) is 25.9 Å². The van der Waals surface area contributed by atoms with Crippen molar-refractivity contribution in [2.24, 2.45) is 0 Å². The Balaban J connectivity index is 1.84. The Labute approximate surface area is 164 Å². The molecule has 0 bridgehead atoms. The molecule has 1 heterocycles. The maximum atomic E-state index is 12.3. The standard InChI is InChI=1S/C19H26N2O7/c1-4-26-15-7-6-14(12-16(15)25-3)18(23)28-13-17(22)20-8-10-21(11-9-20)19(24)27-5-2/h6-7,12H,4-5,8-11,13H2,1-3H3. The van der Waals surface area contributed by atoms with Crippen LogP contribution in [0.2, 0.25) is 0 Å². The zero-order valence-electron chi connectivity index (χ0n) is 16.4. The molecule has 0 saturated carbocycles. The van der Waals surface area contributed by atoms with Gasteiger partial charge in [-0.15, -0.1) is 0 Å². The highest BCUT2D eigenvalue weighted by Gasteiger charge is 2.25. The molecular formula is C19H26N2O7. The SMILES string of the molecule is CCOC(=O)N1CCN(C(=O)COC(=O)c2ccc(OCC)c(OC)c2)CC1. The van der Waals surface area contributed by atoms with Crippen molar-refractivity contribution in [3.8, 4) is 11.5 Å². The monoisotopic (exact) mass is 394 g/mol. The summed E-state index contributed by atoms with van der Waals surface area (Å²) in [7, 11) is 1.48. The van der Waals surface area contributed by atoms with Crippen LogP contribution in [0.3, 0.4) is 0 Å². The van der Waals surface area contributed by atoms with Gasteiger partial charge in [0.2, 0.25) is 0 Å². The largest absolute Gasteiger partial charge is 0.493 e. The van der Waals surface area contributed by atoms with Crippen molar-refractivity contribution in [1.29, 1.82) is 0 Å². The Morgan fingerprint density at radius 2 is 1.61 bits per heavy atom. The van der Waals surface area contributed by atoms with Crippen LogP contribution in [0.5, 0.6) is 11.5 Å². The van der Waals surface area contributed by atoms with Gasteiger partial charge in [-0.25, -0.2) is 9.59 Å². The summed E-state index contributed by atoms with van der Waals surface area (Å²) in [5, 5.41) is 0. The van der Waals surface area contributed by atoms with Gasteiger partial charge >= 0.3 is 12.1 Å². The number of esters is 1. The Bertz CT molecular complexity index is 700. The molecule has 0 N–H and O–H groups in total. The van der Waals surface area contributed by atoms with E-state index in [2.05, 4.69) is 0 Å². The number of hydrogen-bond acceptors (Lipinski definition) is 7. The van der Waals surface area contributed by atoms with E-state index in [1.807, 2.05) is 6.92 Å². The van der Waals surface area contributed by atoms with Crippen LogP contribution in [0.4, 0.5) is 4.79 Å². The molecule has 1 aromatic carbocycles. The lowest BCUT2D eigenvalue weighted by atomic mass is 10.2. The van der Waals surface area contributed by atoms with Crippen LogP contribution in [0, 0.1) is 0 Å². The normalized spacial score (nSPS) is 13.7. The molecule has 2 amide bonds. The molecule has 1 aliphatic rings. The molecule has 2 rings (SSSR count). The molecule has 0 aliphatic carbocycles. The summed E-state index contributed by atoms with van der Waals surface area (Å²) in [5.41, 5.74) is 0.264. The highest BCUT2D eigenvalue weighted by molar-refractivity contribution is 5.92. The molecule has 154 valence electrons. The zero-order chi connectivity index (χ0) is 20.5. The maximum Gasteiger partial charge on any atom is 0.409 e. The van der Waals surface area contributed by atoms with Gasteiger partial charge in [0, 0.05) is 26.2 Å². The predicted molar refractivity (Wildman–Crippen MR) is 99.6 cm³/mol. The molecule has 1 saturated heterocycles. The maximum absolute atomic E-state index is 12.3. The van der Waals surface area contributed by atoms with E-state index < -0.39 is 5.97 Å². The molecule has 9 nitrogen and oxygen atoms in total. The van der Waals surface area contributed by atoms with E-state index in [1.165, 1.54) is 13.2 Å². The summed E-state index contributed by atoms with van der Waals surface area (Å²) < 4.78 is 20.7. The molecule has 0 unspecified atom stereocenters. The summed E-state index contributed by atoms with van der Waals surface area (Å²) in [5.74, 6) is 0.00410. The van der Waals surface area contributed by atoms with Gasteiger partial charge in [-0.2, -0.15) is 0 Å². The van der Waals surface area contributed by atoms with Crippen LogP contribution >= 0.6 is 0 Å². The van der Waals surface area contributed by atoms with Gasteiger partial charge in [-0.3, -0.25) is 4.79 Å². The minimum absolute atomic E-state index is 0.264. The lowest BCUT2D eigenvalue weighted by molar-refractivity contribution is -0.136. The van der Waals surface area contributed by atoms with Gasteiger partial charge in [0.25, 0.3) is 5.91 Å². The Hall–Kier alpha value is -2.97. The smallest absolute Gasteiger partial charge is 0.409 e. The van der Waals surface area contributed by atoms with Gasteiger partial charge in [-0.05, 0) is 32.0 Å². The number of hydrogen-bond donors (Lipinski definition) is 0. The average Bonchev–Trinajstić information content (AvgIpc) is 2.72. The first-order chi connectivity index (χ1) is 13.5. The molecule has 0 atom stereocenters. The number of carbonyl (C=O) groups excluding carboxylic acids is 3. The zero-order valence-corrected chi connectivity index (χ0v) is 16.4. The number of nitrogens with zero attached hydrogens (tertiary/aromatic N) is 2. The molecule has 0 radical (unpaired) electrons. The van der Waals surface area contributed by atoms with Crippen LogP contribution in [-0.2, 0) is 14.3 Å². The lowest BCUT2D eigenvalue weighted by Crippen LogP contribution is -2.51. The minimum atomic E-state index is -0.625. The van der Waals surface area contributed by atoms with Crippen LogP contribution in [0.1, 0.15) is 24.2 Å². The topological polar surface area (TPSA) is 94.6 Å². The van der Waals surface area contributed by atoms with Crippen LogP contribution in [0.25, 0.3) is 0 Å². The van der Waals surface area contributed by atoms with Crippen LogP contribution in [0.15, 0.2) is 18.2 Å². The van der Waals surface area contributed by atoms with E-state index in [1.54, 1.807) is 28.9 Å². The van der Waals surface area contributed by atoms with E-state index in [9.17, 15) is 14.4 Å². The van der Waals surface area contributed by atoms with Crippen molar-refractivity contribution < 1.29 is 33.3 Å². The molecule has 9 heteroatoms. The number of amides is 2. The summed E-state index contributed by atoms with van der Waals surface area (Å²) in [4.78, 5) is 39.3. The first-order valence-electron chi connectivity index (χ1n) is 9.17. The van der Waals surface area contributed by atoms with Crippen LogP contribution < -0.4 is 9.47 Å². The number of rotatable bonds is 7. The highest BCUT2D eigenvalue weighted by atomic mass is 16.6. The second-order valence-electron chi connectivity index (χ2n) is 5.94. The minimum Gasteiger partial charge on any atom is -0.493 e. The second-order valence-corrected chi connectivity index (χ2v) is 5.94. The van der Waals surface area contributed by atoms with E-state index in [-0.39, 0.29) is 24.2 Å². The molecular weight excluding hydrogens is 368 g/mol. The third kappa shape index (κ3) is 5.51. The van der Waals surface area contributed by atoms with Crippen molar-refractivity contribution in [2.45, 2.75) is 13.8 Å². The fourth-order valence-corrected chi connectivity index (χ4v) is 2.72. The van der Waals surface area contributed by atoms with E-state index in [4.69, 9.17) is 18.9 Å². The van der Waals surface area contributed by atoms with E-state index in [0.717, 1.165) is 0 Å². The van der Waals surface area contributed by atoms with Gasteiger partial charge in [0.15, 0.2) is 18.1 Å². The highest BCUT2D eigenvalue weighted by Crippen LogP contribution is 2.28. The molecule has 0 spiro atoms. The first-order valence-corrected chi connectivity index (χ1v) is 9.17. The number of carbonyl (C=O) groups is 3. The Morgan fingerprint density at radius 1 is 0.929 bits per heavy atom. The van der Waals surface area contributed by atoms with Gasteiger partial charge in [-0.1, -0.05) is 0 Å². The summed E-state index contributed by atoms with van der Waals surface area (Å²) in [6.07, 6.45) is -0.384. The Morgan fingerprint density at radius 3 is 2.21 bits per heavy atom. The summed E-state index contributed by atoms with van der Waals surface area (Å²) >= 11 is 0. The number of piperazine rings is 1. The number of benzene rings is 1. The summed E-state index contributed by atoms with van der Waals surface area (Å²) in [6.45, 7) is 5.50. The molecule has 28 heavy (non-hydrogen) atoms. The fraction of sp³-hybridized carbons (Fsp3) is 0.526. The molecule has 1 aliphatic heterocycles. The second kappa shape index (κ2) is 10.4. The number of methoxy groups -OCH3 is 1. The fourth-order valence-electron chi connectivity index (χ4n) is 2.72. The van der Waals surface area contributed by atoms with Crippen molar-refractivity contribution >= 4 is 18.0 Å². The van der Waals surface area contributed by atoms with E-state index in [0.29, 0.717) is 50.9 Å². The summed E-state index contributed by atoms with van der Waals surface area (Å²) in [6, 6.07) is 4.68. The third-order valence-electron chi connectivity index (χ3n) is 4.18. The predicted octanol–water partition coefficient (Wildman–Crippen LogP) is 1.55. The average molecular weight is 394 g/mol. The lowest BCUT2D eigenvalue weighted by Gasteiger charge is -2.33. The molecule has 1 fully saturated rings. The van der Waals surface area contributed by atoms with Crippen molar-refractivity contribution in [3.63, 3.8) is 0 Å². The van der Waals surface area contributed by atoms with Crippen molar-refractivity contribution in [3.05, 3.63) is 23.8 Å². The van der Waals surface area contributed by atoms with Gasteiger partial charge < -0.3 is 28.7 Å². The molecule has 1 aromatic rings. The quantitative estimate of drug-likeness (QED) is 0.648. The van der Waals surface area contributed by atoms with E-state index >= 15 is 0 Å².